The molecule has 0 saturated heterocycles. The first kappa shape index (κ1) is 15.3. The second-order valence-electron chi connectivity index (χ2n) is 5.83. The molecular formula is C18H21ClN2O. The van der Waals surface area contributed by atoms with Gasteiger partial charge in [-0.25, -0.2) is 0 Å². The minimum absolute atomic E-state index is 0.0806. The summed E-state index contributed by atoms with van der Waals surface area (Å²) in [7, 11) is 0. The lowest BCUT2D eigenvalue weighted by Crippen LogP contribution is -2.22. The van der Waals surface area contributed by atoms with E-state index in [2.05, 4.69) is 17.4 Å². The molecule has 0 unspecified atom stereocenters. The van der Waals surface area contributed by atoms with Gasteiger partial charge in [-0.2, -0.15) is 0 Å². The molecule has 1 heterocycles. The Balaban J connectivity index is 1.44. The van der Waals surface area contributed by atoms with Crippen LogP contribution in [0.3, 0.4) is 0 Å². The minimum Gasteiger partial charge on any atom is -0.316 e. The highest BCUT2D eigenvalue weighted by Crippen LogP contribution is 2.32. The van der Waals surface area contributed by atoms with E-state index < -0.39 is 0 Å². The van der Waals surface area contributed by atoms with Crippen molar-refractivity contribution in [1.82, 2.24) is 9.88 Å². The van der Waals surface area contributed by atoms with E-state index in [9.17, 15) is 4.79 Å². The number of unbranched alkanes of at least 4 members (excludes halogenated alkanes) is 1. The molecule has 116 valence electrons. The van der Waals surface area contributed by atoms with Gasteiger partial charge < -0.3 is 9.88 Å². The highest BCUT2D eigenvalue weighted by molar-refractivity contribution is 6.30. The Morgan fingerprint density at radius 2 is 2.14 bits per heavy atom. The number of fused-ring (bicyclic) bond motifs is 1. The lowest BCUT2D eigenvalue weighted by molar-refractivity contribution is 0.495. The molecule has 1 aromatic heterocycles. The Kier molecular flexibility index (Phi) is 4.96. The van der Waals surface area contributed by atoms with Crippen molar-refractivity contribution in [2.45, 2.75) is 38.3 Å². The second kappa shape index (κ2) is 7.12. The molecule has 2 aromatic rings. The van der Waals surface area contributed by atoms with Crippen LogP contribution in [0.15, 0.2) is 47.4 Å². The van der Waals surface area contributed by atoms with Gasteiger partial charge in [-0.1, -0.05) is 23.7 Å². The average molecular weight is 317 g/mol. The van der Waals surface area contributed by atoms with Gasteiger partial charge in [0.15, 0.2) is 0 Å². The van der Waals surface area contributed by atoms with Crippen LogP contribution in [0.2, 0.25) is 5.02 Å². The Bertz CT molecular complexity index is 695. The molecule has 22 heavy (non-hydrogen) atoms. The number of nitrogens with one attached hydrogen (secondary N) is 1. The van der Waals surface area contributed by atoms with Crippen molar-refractivity contribution in [3.8, 4) is 0 Å². The second-order valence-corrected chi connectivity index (χ2v) is 6.26. The van der Waals surface area contributed by atoms with Gasteiger partial charge in [-0.05, 0) is 61.6 Å². The molecule has 1 aromatic carbocycles. The normalized spacial score (nSPS) is 16.7. The van der Waals surface area contributed by atoms with Gasteiger partial charge in [-0.15, -0.1) is 0 Å². The van der Waals surface area contributed by atoms with Crippen LogP contribution in [0.5, 0.6) is 0 Å². The summed E-state index contributed by atoms with van der Waals surface area (Å²) in [5.41, 5.74) is 2.85. The summed E-state index contributed by atoms with van der Waals surface area (Å²) in [6, 6.07) is 11.9. The third-order valence-electron chi connectivity index (χ3n) is 4.30. The molecule has 0 spiro atoms. The summed E-state index contributed by atoms with van der Waals surface area (Å²) in [5, 5.41) is 4.45. The molecule has 0 bridgehead atoms. The molecule has 3 nitrogen and oxygen atoms in total. The fraction of sp³-hybridized carbons (Fsp3) is 0.389. The molecule has 1 N–H and O–H groups in total. The van der Waals surface area contributed by atoms with Crippen LogP contribution in [0, 0.1) is 0 Å². The van der Waals surface area contributed by atoms with Crippen molar-refractivity contribution in [3.63, 3.8) is 0 Å². The topological polar surface area (TPSA) is 34.0 Å². The van der Waals surface area contributed by atoms with Gasteiger partial charge >= 0.3 is 0 Å². The fourth-order valence-electron chi connectivity index (χ4n) is 3.13. The molecule has 3 rings (SSSR count). The van der Waals surface area contributed by atoms with Crippen molar-refractivity contribution in [3.05, 3.63) is 69.1 Å². The van der Waals surface area contributed by atoms with Gasteiger partial charge in [0.2, 0.25) is 5.56 Å². The number of hydrogen-bond acceptors (Lipinski definition) is 2. The van der Waals surface area contributed by atoms with Crippen molar-refractivity contribution in [2.24, 2.45) is 0 Å². The first-order valence-corrected chi connectivity index (χ1v) is 8.29. The van der Waals surface area contributed by atoms with E-state index in [1.54, 1.807) is 16.7 Å². The number of halogens is 1. The predicted octanol–water partition coefficient (Wildman–Crippen LogP) is 3.56. The maximum absolute atomic E-state index is 11.6. The molecule has 1 aliphatic rings. The van der Waals surface area contributed by atoms with Gasteiger partial charge in [0, 0.05) is 29.9 Å². The summed E-state index contributed by atoms with van der Waals surface area (Å²) < 4.78 is 1.77. The predicted molar refractivity (Wildman–Crippen MR) is 90.5 cm³/mol. The Morgan fingerprint density at radius 3 is 3.00 bits per heavy atom. The lowest BCUT2D eigenvalue weighted by atomic mass is 10.1. The highest BCUT2D eigenvalue weighted by atomic mass is 35.5. The van der Waals surface area contributed by atoms with Crippen LogP contribution < -0.4 is 10.9 Å². The molecular weight excluding hydrogens is 296 g/mol. The van der Waals surface area contributed by atoms with Crippen LogP contribution in [0.1, 0.15) is 36.4 Å². The molecule has 0 fully saturated rings. The Labute approximate surface area is 135 Å². The monoisotopic (exact) mass is 316 g/mol. The number of aromatic nitrogens is 1. The summed E-state index contributed by atoms with van der Waals surface area (Å²) in [6.45, 7) is 1.77. The van der Waals surface area contributed by atoms with Crippen LogP contribution in [-0.4, -0.2) is 11.1 Å². The summed E-state index contributed by atoms with van der Waals surface area (Å²) in [6.07, 6.45) is 6.19. The number of nitrogens with zero attached hydrogens (tertiary/aromatic N) is 1. The van der Waals surface area contributed by atoms with Gasteiger partial charge in [0.1, 0.15) is 0 Å². The van der Waals surface area contributed by atoms with Crippen LogP contribution in [0.25, 0.3) is 0 Å². The minimum atomic E-state index is 0.0806. The van der Waals surface area contributed by atoms with Crippen LogP contribution in [0.4, 0.5) is 0 Å². The first-order chi connectivity index (χ1) is 10.7. The molecule has 1 aliphatic carbocycles. The molecule has 1 atom stereocenters. The molecule has 0 saturated carbocycles. The first-order valence-electron chi connectivity index (χ1n) is 7.91. The third kappa shape index (κ3) is 3.60. The van der Waals surface area contributed by atoms with E-state index in [1.807, 2.05) is 18.3 Å². The molecule has 0 aliphatic heterocycles. The van der Waals surface area contributed by atoms with Crippen molar-refractivity contribution in [1.29, 1.82) is 0 Å². The number of pyridine rings is 1. The molecule has 0 radical (unpaired) electrons. The maximum Gasteiger partial charge on any atom is 0.250 e. The van der Waals surface area contributed by atoms with Crippen molar-refractivity contribution < 1.29 is 0 Å². The quantitative estimate of drug-likeness (QED) is 0.827. The Hall–Kier alpha value is -1.58. The number of aryl methyl sites for hydroxylation is 2. The largest absolute Gasteiger partial charge is 0.316 e. The Morgan fingerprint density at radius 1 is 1.23 bits per heavy atom. The van der Waals surface area contributed by atoms with Crippen molar-refractivity contribution >= 4 is 11.6 Å². The summed E-state index contributed by atoms with van der Waals surface area (Å²) in [5.74, 6) is 0. The average Bonchev–Trinajstić information content (AvgIpc) is 2.91. The summed E-state index contributed by atoms with van der Waals surface area (Å²) >= 11 is 6.04. The SMILES string of the molecule is O=c1ccccn1CCCCN[C@@H]1CCc2cc(Cl)ccc21. The van der Waals surface area contributed by atoms with E-state index in [0.717, 1.165) is 43.8 Å². The third-order valence-corrected chi connectivity index (χ3v) is 4.53. The fourth-order valence-corrected chi connectivity index (χ4v) is 3.32. The lowest BCUT2D eigenvalue weighted by Gasteiger charge is -2.14. The molecule has 4 heteroatoms. The zero-order valence-corrected chi connectivity index (χ0v) is 13.4. The van der Waals surface area contributed by atoms with E-state index in [0.29, 0.717) is 6.04 Å². The summed E-state index contributed by atoms with van der Waals surface area (Å²) in [4.78, 5) is 11.6. The van der Waals surface area contributed by atoms with E-state index >= 15 is 0 Å². The van der Waals surface area contributed by atoms with Gasteiger partial charge in [-0.3, -0.25) is 4.79 Å². The van der Waals surface area contributed by atoms with Crippen LogP contribution >= 0.6 is 11.6 Å². The van der Waals surface area contributed by atoms with E-state index in [-0.39, 0.29) is 5.56 Å². The standard InChI is InChI=1S/C18H21ClN2O/c19-15-7-8-16-14(13-15)6-9-17(16)20-10-2-4-12-21-11-3-1-5-18(21)22/h1,3,5,7-8,11,13,17,20H,2,4,6,9-10,12H2/t17-/m1/s1. The number of benzene rings is 1. The van der Waals surface area contributed by atoms with Crippen molar-refractivity contribution in [2.75, 3.05) is 6.54 Å². The van der Waals surface area contributed by atoms with Crippen LogP contribution in [-0.2, 0) is 13.0 Å². The zero-order chi connectivity index (χ0) is 15.4. The van der Waals surface area contributed by atoms with Gasteiger partial charge in [0.25, 0.3) is 0 Å². The highest BCUT2D eigenvalue weighted by Gasteiger charge is 2.21. The van der Waals surface area contributed by atoms with E-state index in [1.165, 1.54) is 11.1 Å². The number of hydrogen-bond donors (Lipinski definition) is 1. The molecule has 0 amide bonds. The van der Waals surface area contributed by atoms with Gasteiger partial charge in [0.05, 0.1) is 0 Å². The maximum atomic E-state index is 11.6. The smallest absolute Gasteiger partial charge is 0.250 e. The van der Waals surface area contributed by atoms with E-state index in [4.69, 9.17) is 11.6 Å². The zero-order valence-electron chi connectivity index (χ0n) is 12.6. The number of rotatable bonds is 6.